The first-order valence-electron chi connectivity index (χ1n) is 5.76. The lowest BCUT2D eigenvalue weighted by Gasteiger charge is -2.16. The van der Waals surface area contributed by atoms with Crippen LogP contribution in [0.1, 0.15) is 18.5 Å². The van der Waals surface area contributed by atoms with Crippen LogP contribution in [-0.2, 0) is 13.0 Å². The summed E-state index contributed by atoms with van der Waals surface area (Å²) in [5, 5.41) is 0.669. The topological polar surface area (TPSA) is 17.8 Å². The first-order valence-corrected chi connectivity index (χ1v) is 6.93. The highest BCUT2D eigenvalue weighted by atomic mass is 79.9. The van der Waals surface area contributed by atoms with Crippen molar-refractivity contribution in [3.63, 3.8) is 0 Å². The van der Waals surface area contributed by atoms with E-state index >= 15 is 0 Å². The van der Waals surface area contributed by atoms with Crippen LogP contribution in [0.25, 0.3) is 11.4 Å². The number of fused-ring (bicyclic) bond motifs is 1. The minimum Gasteiger partial charge on any atom is -0.327 e. The molecule has 0 atom stereocenters. The van der Waals surface area contributed by atoms with Gasteiger partial charge in [-0.25, -0.2) is 4.98 Å². The van der Waals surface area contributed by atoms with Crippen molar-refractivity contribution in [3.8, 4) is 11.4 Å². The van der Waals surface area contributed by atoms with Crippen LogP contribution in [0.3, 0.4) is 0 Å². The van der Waals surface area contributed by atoms with E-state index in [2.05, 4.69) is 37.6 Å². The van der Waals surface area contributed by atoms with Crippen molar-refractivity contribution in [2.24, 2.45) is 0 Å². The van der Waals surface area contributed by atoms with Gasteiger partial charge in [-0.2, -0.15) is 0 Å². The summed E-state index contributed by atoms with van der Waals surface area (Å²) in [5.74, 6) is 0.997. The Bertz CT molecular complexity index is 545. The first kappa shape index (κ1) is 11.3. The van der Waals surface area contributed by atoms with Crippen LogP contribution in [0.15, 0.2) is 28.7 Å². The summed E-state index contributed by atoms with van der Waals surface area (Å²) in [6, 6.07) is 8.22. The van der Waals surface area contributed by atoms with E-state index in [4.69, 9.17) is 11.6 Å². The van der Waals surface area contributed by atoms with E-state index in [0.29, 0.717) is 5.15 Å². The molecule has 1 aliphatic rings. The Hall–Kier alpha value is -0.800. The van der Waals surface area contributed by atoms with Crippen molar-refractivity contribution >= 4 is 27.5 Å². The molecule has 17 heavy (non-hydrogen) atoms. The average molecular weight is 312 g/mol. The molecular formula is C13H12BrClN2. The van der Waals surface area contributed by atoms with Gasteiger partial charge in [0.05, 0.1) is 5.69 Å². The third-order valence-corrected chi connectivity index (χ3v) is 4.00. The molecule has 1 aromatic heterocycles. The van der Waals surface area contributed by atoms with Crippen LogP contribution < -0.4 is 0 Å². The van der Waals surface area contributed by atoms with Gasteiger partial charge in [-0.3, -0.25) is 0 Å². The van der Waals surface area contributed by atoms with E-state index in [0.717, 1.165) is 28.8 Å². The number of nitrogens with zero attached hydrogens (tertiary/aromatic N) is 2. The van der Waals surface area contributed by atoms with Gasteiger partial charge in [-0.15, -0.1) is 0 Å². The van der Waals surface area contributed by atoms with Gasteiger partial charge in [0, 0.05) is 16.6 Å². The minimum absolute atomic E-state index is 0.669. The number of aromatic nitrogens is 2. The maximum absolute atomic E-state index is 6.20. The fraction of sp³-hybridized carbons (Fsp3) is 0.308. The van der Waals surface area contributed by atoms with Gasteiger partial charge in [0.25, 0.3) is 0 Å². The number of halogens is 2. The molecule has 0 aliphatic carbocycles. The summed E-state index contributed by atoms with van der Waals surface area (Å²) in [7, 11) is 0. The highest BCUT2D eigenvalue weighted by Crippen LogP contribution is 2.30. The highest BCUT2D eigenvalue weighted by molar-refractivity contribution is 9.10. The van der Waals surface area contributed by atoms with Crippen LogP contribution in [0.4, 0.5) is 0 Å². The van der Waals surface area contributed by atoms with Gasteiger partial charge in [-0.05, 0) is 31.4 Å². The van der Waals surface area contributed by atoms with Crippen molar-refractivity contribution in [1.29, 1.82) is 0 Å². The maximum Gasteiger partial charge on any atom is 0.150 e. The van der Waals surface area contributed by atoms with Crippen molar-refractivity contribution in [1.82, 2.24) is 9.55 Å². The number of hydrogen-bond acceptors (Lipinski definition) is 1. The molecule has 2 heterocycles. The zero-order chi connectivity index (χ0) is 11.8. The lowest BCUT2D eigenvalue weighted by atomic mass is 10.1. The summed E-state index contributed by atoms with van der Waals surface area (Å²) >= 11 is 9.65. The number of benzene rings is 1. The van der Waals surface area contributed by atoms with Crippen LogP contribution in [-0.4, -0.2) is 9.55 Å². The molecule has 0 bridgehead atoms. The normalized spacial score (nSPS) is 14.7. The van der Waals surface area contributed by atoms with Crippen molar-refractivity contribution in [2.75, 3.05) is 0 Å². The van der Waals surface area contributed by atoms with Crippen LogP contribution >= 0.6 is 27.5 Å². The van der Waals surface area contributed by atoms with E-state index in [1.54, 1.807) is 0 Å². The minimum atomic E-state index is 0.669. The molecule has 0 N–H and O–H groups in total. The molecule has 3 rings (SSSR count). The van der Waals surface area contributed by atoms with E-state index in [1.165, 1.54) is 18.5 Å². The molecule has 0 amide bonds. The van der Waals surface area contributed by atoms with Gasteiger partial charge >= 0.3 is 0 Å². The van der Waals surface area contributed by atoms with Gasteiger partial charge in [0.2, 0.25) is 0 Å². The molecular weight excluding hydrogens is 300 g/mol. The fourth-order valence-corrected chi connectivity index (χ4v) is 2.86. The van der Waals surface area contributed by atoms with E-state index < -0.39 is 0 Å². The molecule has 2 nitrogen and oxygen atoms in total. The summed E-state index contributed by atoms with van der Waals surface area (Å²) in [6.07, 6.45) is 3.47. The van der Waals surface area contributed by atoms with Crippen LogP contribution in [0.5, 0.6) is 0 Å². The van der Waals surface area contributed by atoms with Crippen LogP contribution in [0.2, 0.25) is 5.15 Å². The molecule has 0 unspecified atom stereocenters. The molecule has 2 aromatic rings. The predicted molar refractivity (Wildman–Crippen MR) is 73.3 cm³/mol. The van der Waals surface area contributed by atoms with Gasteiger partial charge in [0.1, 0.15) is 5.82 Å². The monoisotopic (exact) mass is 310 g/mol. The standard InChI is InChI=1S/C13H12BrClN2/c14-10-6-4-9(5-7-10)13-16-12(15)11-3-1-2-8-17(11)13/h4-7H,1-3,8H2. The zero-order valence-corrected chi connectivity index (χ0v) is 11.6. The van der Waals surface area contributed by atoms with Gasteiger partial charge < -0.3 is 4.57 Å². The van der Waals surface area contributed by atoms with Crippen LogP contribution in [0, 0.1) is 0 Å². The second-order valence-electron chi connectivity index (χ2n) is 4.29. The zero-order valence-electron chi connectivity index (χ0n) is 9.29. The Morgan fingerprint density at radius 2 is 1.94 bits per heavy atom. The summed E-state index contributed by atoms with van der Waals surface area (Å²) in [5.41, 5.74) is 2.32. The Kier molecular flexibility index (Phi) is 2.97. The molecule has 0 spiro atoms. The molecule has 1 aromatic carbocycles. The first-order chi connectivity index (χ1) is 8.25. The third kappa shape index (κ3) is 2.02. The molecule has 0 saturated carbocycles. The molecule has 0 saturated heterocycles. The second-order valence-corrected chi connectivity index (χ2v) is 5.56. The van der Waals surface area contributed by atoms with E-state index in [1.807, 2.05) is 12.1 Å². The SMILES string of the molecule is Clc1nc(-c2ccc(Br)cc2)n2c1CCCC2. The van der Waals surface area contributed by atoms with Gasteiger partial charge in [0.15, 0.2) is 5.15 Å². The smallest absolute Gasteiger partial charge is 0.150 e. The Morgan fingerprint density at radius 3 is 2.71 bits per heavy atom. The van der Waals surface area contributed by atoms with E-state index in [9.17, 15) is 0 Å². The number of hydrogen-bond donors (Lipinski definition) is 0. The largest absolute Gasteiger partial charge is 0.327 e. The van der Waals surface area contributed by atoms with Crippen molar-refractivity contribution in [2.45, 2.75) is 25.8 Å². The molecule has 1 aliphatic heterocycles. The molecule has 88 valence electrons. The predicted octanol–water partition coefficient (Wildman–Crippen LogP) is 4.30. The van der Waals surface area contributed by atoms with Gasteiger partial charge in [-0.1, -0.05) is 39.7 Å². The molecule has 4 heteroatoms. The summed E-state index contributed by atoms with van der Waals surface area (Å²) in [6.45, 7) is 1.03. The quantitative estimate of drug-likeness (QED) is 0.767. The summed E-state index contributed by atoms with van der Waals surface area (Å²) < 4.78 is 3.34. The maximum atomic E-state index is 6.20. The number of rotatable bonds is 1. The Morgan fingerprint density at radius 1 is 1.18 bits per heavy atom. The fourth-order valence-electron chi connectivity index (χ4n) is 2.32. The lowest BCUT2D eigenvalue weighted by molar-refractivity contribution is 0.536. The molecule has 0 radical (unpaired) electrons. The van der Waals surface area contributed by atoms with Crippen molar-refractivity contribution in [3.05, 3.63) is 39.6 Å². The number of imidazole rings is 1. The highest BCUT2D eigenvalue weighted by Gasteiger charge is 2.19. The molecule has 0 fully saturated rings. The average Bonchev–Trinajstić information content (AvgIpc) is 2.69. The second kappa shape index (κ2) is 4.46. The Balaban J connectivity index is 2.11. The lowest BCUT2D eigenvalue weighted by Crippen LogP contribution is -2.10. The van der Waals surface area contributed by atoms with E-state index in [-0.39, 0.29) is 0 Å². The summed E-state index contributed by atoms with van der Waals surface area (Å²) in [4.78, 5) is 4.51. The third-order valence-electron chi connectivity index (χ3n) is 3.17. The Labute approximate surface area is 114 Å². The van der Waals surface area contributed by atoms with Crippen molar-refractivity contribution < 1.29 is 0 Å².